The third-order valence-corrected chi connectivity index (χ3v) is 2.62. The highest BCUT2D eigenvalue weighted by atomic mass is 19.4. The summed E-state index contributed by atoms with van der Waals surface area (Å²) in [5, 5.41) is 0. The van der Waals surface area contributed by atoms with Crippen LogP contribution in [-0.2, 0) is 9.63 Å². The predicted molar refractivity (Wildman–Crippen MR) is 51.3 cm³/mol. The molecule has 0 atom stereocenters. The van der Waals surface area contributed by atoms with Gasteiger partial charge in [0.2, 0.25) is 5.91 Å². The third kappa shape index (κ3) is 5.95. The maximum absolute atomic E-state index is 11.7. The second-order valence-corrected chi connectivity index (χ2v) is 4.14. The van der Waals surface area contributed by atoms with Crippen molar-refractivity contribution in [3.05, 3.63) is 0 Å². The van der Waals surface area contributed by atoms with Gasteiger partial charge in [0.15, 0.2) is 6.61 Å². The lowest BCUT2D eigenvalue weighted by atomic mass is 9.87. The number of hydrogen-bond acceptors (Lipinski definition) is 2. The molecule has 1 rings (SSSR count). The average Bonchev–Trinajstić information content (AvgIpc) is 2.17. The molecule has 0 aliphatic heterocycles. The summed E-state index contributed by atoms with van der Waals surface area (Å²) >= 11 is 0. The van der Waals surface area contributed by atoms with Crippen LogP contribution in [0, 0.1) is 5.92 Å². The summed E-state index contributed by atoms with van der Waals surface area (Å²) in [6.45, 7) is -1.44. The molecule has 0 aromatic heterocycles. The van der Waals surface area contributed by atoms with Gasteiger partial charge in [0.25, 0.3) is 0 Å². The fraction of sp³-hybridized carbons (Fsp3) is 0.900. The average molecular weight is 239 g/mol. The van der Waals surface area contributed by atoms with Gasteiger partial charge in [-0.15, -0.1) is 0 Å². The summed E-state index contributed by atoms with van der Waals surface area (Å²) in [6.07, 6.45) is 1.20. The number of carbonyl (C=O) groups is 1. The summed E-state index contributed by atoms with van der Waals surface area (Å²) in [7, 11) is 0. The predicted octanol–water partition coefficient (Wildman–Crippen LogP) is 2.57. The van der Waals surface area contributed by atoms with Crippen LogP contribution >= 0.6 is 0 Å². The van der Waals surface area contributed by atoms with E-state index in [1.807, 2.05) is 5.48 Å². The number of nitrogens with one attached hydrogen (secondary N) is 1. The van der Waals surface area contributed by atoms with Crippen LogP contribution in [0.4, 0.5) is 13.2 Å². The maximum Gasteiger partial charge on any atom is 0.414 e. The molecular formula is C10H16F3NO2. The monoisotopic (exact) mass is 239 g/mol. The van der Waals surface area contributed by atoms with Gasteiger partial charge in [-0.25, -0.2) is 5.48 Å². The molecule has 0 spiro atoms. The van der Waals surface area contributed by atoms with Gasteiger partial charge in [0.1, 0.15) is 0 Å². The number of rotatable bonds is 4. The summed E-state index contributed by atoms with van der Waals surface area (Å²) in [5.74, 6) is -0.167. The number of alkyl halides is 3. The zero-order valence-electron chi connectivity index (χ0n) is 8.98. The second-order valence-electron chi connectivity index (χ2n) is 4.14. The van der Waals surface area contributed by atoms with E-state index in [1.54, 1.807) is 0 Å². The summed E-state index contributed by atoms with van der Waals surface area (Å²) in [4.78, 5) is 15.3. The van der Waals surface area contributed by atoms with E-state index in [2.05, 4.69) is 4.84 Å². The summed E-state index contributed by atoms with van der Waals surface area (Å²) in [5.41, 5.74) is 1.83. The molecule has 1 saturated carbocycles. The second kappa shape index (κ2) is 6.08. The van der Waals surface area contributed by atoms with Gasteiger partial charge in [-0.2, -0.15) is 13.2 Å². The molecule has 0 aromatic carbocycles. The zero-order valence-corrected chi connectivity index (χ0v) is 8.98. The van der Waals surface area contributed by atoms with Crippen molar-refractivity contribution in [2.75, 3.05) is 6.61 Å². The van der Waals surface area contributed by atoms with Crippen molar-refractivity contribution in [3.63, 3.8) is 0 Å². The quantitative estimate of drug-likeness (QED) is 0.766. The molecule has 0 saturated heterocycles. The first-order chi connectivity index (χ1) is 7.47. The Bertz CT molecular complexity index is 225. The highest BCUT2D eigenvalue weighted by Gasteiger charge is 2.28. The van der Waals surface area contributed by atoms with Crippen LogP contribution in [0.25, 0.3) is 0 Å². The topological polar surface area (TPSA) is 38.3 Å². The number of hydroxylamine groups is 1. The Morgan fingerprint density at radius 2 is 1.88 bits per heavy atom. The van der Waals surface area contributed by atoms with Crippen LogP contribution in [0.1, 0.15) is 38.5 Å². The van der Waals surface area contributed by atoms with Gasteiger partial charge in [-0.3, -0.25) is 9.63 Å². The molecule has 0 unspecified atom stereocenters. The van der Waals surface area contributed by atoms with Crippen LogP contribution in [0.5, 0.6) is 0 Å². The molecule has 94 valence electrons. The standard InChI is InChI=1S/C10H16F3NO2/c11-10(12,13)7-16-14-9(15)6-8-4-2-1-3-5-8/h8H,1-7H2,(H,14,15). The highest BCUT2D eigenvalue weighted by molar-refractivity contribution is 5.75. The van der Waals surface area contributed by atoms with E-state index in [4.69, 9.17) is 0 Å². The van der Waals surface area contributed by atoms with Crippen molar-refractivity contribution in [3.8, 4) is 0 Å². The third-order valence-electron chi connectivity index (χ3n) is 2.62. The summed E-state index contributed by atoms with van der Waals surface area (Å²) < 4.78 is 35.1. The molecule has 1 fully saturated rings. The molecule has 0 bridgehead atoms. The Kier molecular flexibility index (Phi) is 5.05. The van der Waals surface area contributed by atoms with Crippen LogP contribution in [-0.4, -0.2) is 18.7 Å². The lowest BCUT2D eigenvalue weighted by molar-refractivity contribution is -0.192. The van der Waals surface area contributed by atoms with E-state index in [0.29, 0.717) is 5.92 Å². The van der Waals surface area contributed by atoms with Crippen LogP contribution in [0.15, 0.2) is 0 Å². The number of carbonyl (C=O) groups excluding carboxylic acids is 1. The SMILES string of the molecule is O=C(CC1CCCCC1)NOCC(F)(F)F. The van der Waals surface area contributed by atoms with Crippen molar-refractivity contribution < 1.29 is 22.8 Å². The molecule has 1 aliphatic carbocycles. The van der Waals surface area contributed by atoms with E-state index in [0.717, 1.165) is 25.7 Å². The molecule has 16 heavy (non-hydrogen) atoms. The Labute approximate surface area is 92.3 Å². The van der Waals surface area contributed by atoms with E-state index >= 15 is 0 Å². The maximum atomic E-state index is 11.7. The van der Waals surface area contributed by atoms with Crippen LogP contribution < -0.4 is 5.48 Å². The number of halogens is 3. The smallest absolute Gasteiger partial charge is 0.273 e. The first-order valence-corrected chi connectivity index (χ1v) is 5.45. The van der Waals surface area contributed by atoms with Gasteiger partial charge < -0.3 is 0 Å². The van der Waals surface area contributed by atoms with E-state index in [-0.39, 0.29) is 6.42 Å². The van der Waals surface area contributed by atoms with Gasteiger partial charge in [-0.05, 0) is 18.8 Å². The lowest BCUT2D eigenvalue weighted by Crippen LogP contribution is -2.31. The molecule has 0 radical (unpaired) electrons. The van der Waals surface area contributed by atoms with E-state index in [9.17, 15) is 18.0 Å². The van der Waals surface area contributed by atoms with Gasteiger partial charge >= 0.3 is 6.18 Å². The molecule has 0 heterocycles. The Morgan fingerprint density at radius 3 is 2.44 bits per heavy atom. The summed E-state index contributed by atoms with van der Waals surface area (Å²) in [6, 6.07) is 0. The first kappa shape index (κ1) is 13.3. The normalized spacial score (nSPS) is 18.4. The Balaban J connectivity index is 2.10. The molecule has 3 nitrogen and oxygen atoms in total. The van der Waals surface area contributed by atoms with Crippen molar-refractivity contribution in [2.45, 2.75) is 44.7 Å². The number of amides is 1. The number of hydrogen-bond donors (Lipinski definition) is 1. The lowest BCUT2D eigenvalue weighted by Gasteiger charge is -2.20. The first-order valence-electron chi connectivity index (χ1n) is 5.45. The molecular weight excluding hydrogens is 223 g/mol. The van der Waals surface area contributed by atoms with Crippen molar-refractivity contribution in [2.24, 2.45) is 5.92 Å². The molecule has 6 heteroatoms. The van der Waals surface area contributed by atoms with Gasteiger partial charge in [-0.1, -0.05) is 19.3 Å². The Morgan fingerprint density at radius 1 is 1.25 bits per heavy atom. The van der Waals surface area contributed by atoms with E-state index < -0.39 is 18.7 Å². The largest absolute Gasteiger partial charge is 0.414 e. The minimum absolute atomic E-state index is 0.262. The molecule has 0 aromatic rings. The van der Waals surface area contributed by atoms with Crippen molar-refractivity contribution >= 4 is 5.91 Å². The minimum Gasteiger partial charge on any atom is -0.273 e. The Hall–Kier alpha value is -0.780. The zero-order chi connectivity index (χ0) is 12.0. The van der Waals surface area contributed by atoms with Crippen LogP contribution in [0.2, 0.25) is 0 Å². The highest BCUT2D eigenvalue weighted by Crippen LogP contribution is 2.26. The van der Waals surface area contributed by atoms with Crippen molar-refractivity contribution in [1.29, 1.82) is 0 Å². The van der Waals surface area contributed by atoms with E-state index in [1.165, 1.54) is 6.42 Å². The minimum atomic E-state index is -4.40. The molecule has 1 amide bonds. The van der Waals surface area contributed by atoms with Gasteiger partial charge in [0, 0.05) is 6.42 Å². The molecule has 1 aliphatic rings. The van der Waals surface area contributed by atoms with Crippen molar-refractivity contribution in [1.82, 2.24) is 5.48 Å². The fourth-order valence-electron chi connectivity index (χ4n) is 1.89. The van der Waals surface area contributed by atoms with Gasteiger partial charge in [0.05, 0.1) is 0 Å². The van der Waals surface area contributed by atoms with Crippen LogP contribution in [0.3, 0.4) is 0 Å². The fourth-order valence-corrected chi connectivity index (χ4v) is 1.89. The molecule has 1 N–H and O–H groups in total.